The van der Waals surface area contributed by atoms with Gasteiger partial charge < -0.3 is 10.1 Å². The van der Waals surface area contributed by atoms with Gasteiger partial charge in [0.05, 0.1) is 0 Å². The Morgan fingerprint density at radius 3 is 2.57 bits per heavy atom. The van der Waals surface area contributed by atoms with E-state index in [1.165, 1.54) is 6.07 Å². The highest BCUT2D eigenvalue weighted by Crippen LogP contribution is 2.35. The van der Waals surface area contributed by atoms with Crippen LogP contribution in [0.15, 0.2) is 66.7 Å². The summed E-state index contributed by atoms with van der Waals surface area (Å²) in [5.74, 6) is 0.792. The van der Waals surface area contributed by atoms with E-state index in [-0.39, 0.29) is 17.5 Å². The molecule has 3 aromatic carbocycles. The molecule has 1 atom stereocenters. The number of amides is 1. The zero-order chi connectivity index (χ0) is 25.8. The van der Waals surface area contributed by atoms with Crippen LogP contribution in [0.1, 0.15) is 46.3 Å². The van der Waals surface area contributed by atoms with Crippen molar-refractivity contribution >= 4 is 23.5 Å². The SMILES string of the molecule is O=C(NCc1ccc(Cl)cc1)Oc1ccc2c(c1)C(=O)C(CC1CCN(Cc3cccc(F)c3)CC1)C2. The van der Waals surface area contributed by atoms with Gasteiger partial charge in [0.15, 0.2) is 5.78 Å². The average molecular weight is 521 g/mol. The number of hydrogen-bond donors (Lipinski definition) is 1. The minimum Gasteiger partial charge on any atom is -0.410 e. The normalized spacial score (nSPS) is 18.0. The standard InChI is InChI=1S/C30H30ClFN2O3/c31-25-7-4-21(5-8-25)18-33-30(36)37-27-9-6-23-16-24(29(35)28(23)17-27)14-20-10-12-34(13-11-20)19-22-2-1-3-26(32)15-22/h1-9,15,17,20,24H,10-14,16,18-19H2,(H,33,36). The zero-order valence-corrected chi connectivity index (χ0v) is 21.3. The number of rotatable bonds is 7. The summed E-state index contributed by atoms with van der Waals surface area (Å²) in [4.78, 5) is 27.8. The van der Waals surface area contributed by atoms with Crippen molar-refractivity contribution in [3.63, 3.8) is 0 Å². The number of halogens is 2. The molecule has 1 heterocycles. The number of piperidine rings is 1. The Bertz CT molecular complexity index is 1270. The lowest BCUT2D eigenvalue weighted by atomic mass is 9.85. The summed E-state index contributed by atoms with van der Waals surface area (Å²) in [7, 11) is 0. The van der Waals surface area contributed by atoms with Crippen LogP contribution in [-0.4, -0.2) is 29.9 Å². The maximum absolute atomic E-state index is 13.5. The first-order valence-corrected chi connectivity index (χ1v) is 13.1. The van der Waals surface area contributed by atoms with Crippen molar-refractivity contribution in [2.24, 2.45) is 11.8 Å². The number of nitrogens with zero attached hydrogens (tertiary/aromatic N) is 1. The number of nitrogens with one attached hydrogen (secondary N) is 1. The van der Waals surface area contributed by atoms with Gasteiger partial charge in [-0.1, -0.05) is 41.9 Å². The van der Waals surface area contributed by atoms with Crippen LogP contribution in [0.3, 0.4) is 0 Å². The third-order valence-corrected chi connectivity index (χ3v) is 7.62. The van der Waals surface area contributed by atoms with Crippen LogP contribution < -0.4 is 10.1 Å². The molecule has 2 aliphatic rings. The molecule has 1 N–H and O–H groups in total. The molecule has 37 heavy (non-hydrogen) atoms. The molecule has 1 amide bonds. The van der Waals surface area contributed by atoms with Gasteiger partial charge in [-0.15, -0.1) is 0 Å². The van der Waals surface area contributed by atoms with Crippen molar-refractivity contribution in [2.45, 2.75) is 38.8 Å². The topological polar surface area (TPSA) is 58.6 Å². The lowest BCUT2D eigenvalue weighted by Gasteiger charge is -2.33. The van der Waals surface area contributed by atoms with Crippen molar-refractivity contribution in [2.75, 3.05) is 13.1 Å². The van der Waals surface area contributed by atoms with Gasteiger partial charge in [-0.2, -0.15) is 0 Å². The Hall–Kier alpha value is -3.22. The van der Waals surface area contributed by atoms with Gasteiger partial charge in [0.1, 0.15) is 11.6 Å². The lowest BCUT2D eigenvalue weighted by Crippen LogP contribution is -2.34. The minimum absolute atomic E-state index is 0.0243. The zero-order valence-electron chi connectivity index (χ0n) is 20.6. The first kappa shape index (κ1) is 25.4. The summed E-state index contributed by atoms with van der Waals surface area (Å²) in [5, 5.41) is 3.36. The summed E-state index contributed by atoms with van der Waals surface area (Å²) >= 11 is 5.89. The Kier molecular flexibility index (Phi) is 7.87. The third-order valence-electron chi connectivity index (χ3n) is 7.36. The second-order valence-corrected chi connectivity index (χ2v) is 10.5. The van der Waals surface area contributed by atoms with Crippen LogP contribution >= 0.6 is 11.6 Å². The van der Waals surface area contributed by atoms with E-state index < -0.39 is 6.09 Å². The molecule has 5 rings (SSSR count). The number of carbonyl (C=O) groups excluding carboxylic acids is 2. The maximum atomic E-state index is 13.5. The van der Waals surface area contributed by atoms with Crippen LogP contribution in [0.2, 0.25) is 5.02 Å². The molecular formula is C30H30ClFN2O3. The lowest BCUT2D eigenvalue weighted by molar-refractivity contribution is 0.0895. The van der Waals surface area contributed by atoms with E-state index in [1.807, 2.05) is 24.3 Å². The van der Waals surface area contributed by atoms with E-state index in [0.29, 0.717) is 28.8 Å². The van der Waals surface area contributed by atoms with Crippen LogP contribution in [-0.2, 0) is 19.5 Å². The Balaban J connectivity index is 1.10. The smallest absolute Gasteiger partial charge is 0.410 e. The summed E-state index contributed by atoms with van der Waals surface area (Å²) in [5.41, 5.74) is 3.59. The molecule has 1 aliphatic carbocycles. The molecule has 0 spiro atoms. The molecule has 5 nitrogen and oxygen atoms in total. The van der Waals surface area contributed by atoms with Crippen molar-refractivity contribution < 1.29 is 18.7 Å². The second-order valence-electron chi connectivity index (χ2n) is 10.0. The molecule has 1 unspecified atom stereocenters. The highest BCUT2D eigenvalue weighted by atomic mass is 35.5. The van der Waals surface area contributed by atoms with Crippen molar-refractivity contribution in [1.29, 1.82) is 0 Å². The molecular weight excluding hydrogens is 491 g/mol. The minimum atomic E-state index is -0.568. The first-order chi connectivity index (χ1) is 17.9. The van der Waals surface area contributed by atoms with Crippen LogP contribution in [0, 0.1) is 17.7 Å². The molecule has 1 fully saturated rings. The van der Waals surface area contributed by atoms with Gasteiger partial charge in [-0.25, -0.2) is 9.18 Å². The predicted octanol–water partition coefficient (Wildman–Crippen LogP) is 6.43. The van der Waals surface area contributed by atoms with Gasteiger partial charge in [0.25, 0.3) is 0 Å². The number of fused-ring (bicyclic) bond motifs is 1. The Labute approximate surface area is 221 Å². The molecule has 192 valence electrons. The second kappa shape index (κ2) is 11.4. The van der Waals surface area contributed by atoms with E-state index in [1.54, 1.807) is 36.4 Å². The predicted molar refractivity (Wildman–Crippen MR) is 141 cm³/mol. The Morgan fingerprint density at radius 2 is 1.81 bits per heavy atom. The average Bonchev–Trinajstić information content (AvgIpc) is 3.19. The molecule has 1 saturated heterocycles. The number of Topliss-reactive ketones (excluding diaryl/α,β-unsaturated/α-hetero) is 1. The summed E-state index contributed by atoms with van der Waals surface area (Å²) < 4.78 is 18.9. The van der Waals surface area contributed by atoms with Gasteiger partial charge in [0, 0.05) is 29.6 Å². The highest BCUT2D eigenvalue weighted by Gasteiger charge is 2.33. The fourth-order valence-electron chi connectivity index (χ4n) is 5.39. The van der Waals surface area contributed by atoms with E-state index in [4.69, 9.17) is 16.3 Å². The van der Waals surface area contributed by atoms with Crippen LogP contribution in [0.25, 0.3) is 0 Å². The number of carbonyl (C=O) groups is 2. The number of benzene rings is 3. The molecule has 0 aromatic heterocycles. The Morgan fingerprint density at radius 1 is 1.03 bits per heavy atom. The maximum Gasteiger partial charge on any atom is 0.412 e. The fraction of sp³-hybridized carbons (Fsp3) is 0.333. The van der Waals surface area contributed by atoms with Crippen molar-refractivity contribution in [3.8, 4) is 5.75 Å². The molecule has 0 saturated carbocycles. The largest absolute Gasteiger partial charge is 0.412 e. The highest BCUT2D eigenvalue weighted by molar-refractivity contribution is 6.30. The third kappa shape index (κ3) is 6.56. The summed E-state index contributed by atoms with van der Waals surface area (Å²) in [6.45, 7) is 2.99. The van der Waals surface area contributed by atoms with Crippen LogP contribution in [0.5, 0.6) is 5.75 Å². The fourth-order valence-corrected chi connectivity index (χ4v) is 5.52. The molecule has 3 aromatic rings. The van der Waals surface area contributed by atoms with Crippen molar-refractivity contribution in [3.05, 3.63) is 99.8 Å². The number of ether oxygens (including phenoxy) is 1. The van der Waals surface area contributed by atoms with Gasteiger partial charge >= 0.3 is 6.09 Å². The molecule has 1 aliphatic heterocycles. The number of ketones is 1. The summed E-state index contributed by atoms with van der Waals surface area (Å²) in [6, 6.07) is 19.3. The monoisotopic (exact) mass is 520 g/mol. The molecule has 7 heteroatoms. The first-order valence-electron chi connectivity index (χ1n) is 12.8. The molecule has 0 radical (unpaired) electrons. The van der Waals surface area contributed by atoms with E-state index in [2.05, 4.69) is 10.2 Å². The number of likely N-dealkylation sites (tertiary alicyclic amines) is 1. The van der Waals surface area contributed by atoms with Gasteiger partial charge in [0.2, 0.25) is 0 Å². The van der Waals surface area contributed by atoms with E-state index in [0.717, 1.165) is 62.0 Å². The molecule has 0 bridgehead atoms. The van der Waals surface area contributed by atoms with Gasteiger partial charge in [-0.3, -0.25) is 9.69 Å². The quantitative estimate of drug-likeness (QED) is 0.390. The van der Waals surface area contributed by atoms with E-state index in [9.17, 15) is 14.0 Å². The van der Waals surface area contributed by atoms with Crippen LogP contribution in [0.4, 0.5) is 9.18 Å². The summed E-state index contributed by atoms with van der Waals surface area (Å²) in [6.07, 6.45) is 3.12. The van der Waals surface area contributed by atoms with Gasteiger partial charge in [-0.05, 0) is 97.8 Å². The number of hydrogen-bond acceptors (Lipinski definition) is 4. The van der Waals surface area contributed by atoms with Crippen molar-refractivity contribution in [1.82, 2.24) is 10.2 Å². The van der Waals surface area contributed by atoms with E-state index >= 15 is 0 Å².